The topological polar surface area (TPSA) is 15.3 Å². The molecule has 2 rings (SSSR count). The van der Waals surface area contributed by atoms with Crippen LogP contribution in [0.2, 0.25) is 0 Å². The fourth-order valence-corrected chi connectivity index (χ4v) is 3.83. The van der Waals surface area contributed by atoms with Gasteiger partial charge in [-0.3, -0.25) is 4.90 Å². The van der Waals surface area contributed by atoms with E-state index in [1.807, 2.05) is 0 Å². The van der Waals surface area contributed by atoms with Gasteiger partial charge in [0.25, 0.3) is 0 Å². The van der Waals surface area contributed by atoms with Crippen LogP contribution in [0.15, 0.2) is 0 Å². The molecule has 1 aliphatic heterocycles. The van der Waals surface area contributed by atoms with E-state index >= 15 is 0 Å². The van der Waals surface area contributed by atoms with Crippen molar-refractivity contribution in [2.75, 3.05) is 19.6 Å². The van der Waals surface area contributed by atoms with Crippen LogP contribution < -0.4 is 5.32 Å². The average molecular weight is 238 g/mol. The molecule has 2 fully saturated rings. The highest BCUT2D eigenvalue weighted by Crippen LogP contribution is 2.30. The van der Waals surface area contributed by atoms with Crippen molar-refractivity contribution in [3.05, 3.63) is 0 Å². The van der Waals surface area contributed by atoms with E-state index in [0.29, 0.717) is 0 Å². The minimum Gasteiger partial charge on any atom is -0.314 e. The Morgan fingerprint density at radius 3 is 2.41 bits per heavy atom. The Hall–Kier alpha value is -0.0800. The maximum Gasteiger partial charge on any atom is 0.0111 e. The molecule has 0 aromatic heterocycles. The first kappa shape index (κ1) is 13.4. The van der Waals surface area contributed by atoms with Gasteiger partial charge in [0.1, 0.15) is 0 Å². The number of rotatable bonds is 4. The minimum absolute atomic E-state index is 0.799. The largest absolute Gasteiger partial charge is 0.314 e. The second kappa shape index (κ2) is 6.19. The summed E-state index contributed by atoms with van der Waals surface area (Å²) >= 11 is 0. The Morgan fingerprint density at radius 1 is 1.06 bits per heavy atom. The summed E-state index contributed by atoms with van der Waals surface area (Å²) in [6, 6.07) is 1.67. The predicted molar refractivity (Wildman–Crippen MR) is 74.2 cm³/mol. The number of hydrogen-bond donors (Lipinski definition) is 1. The van der Waals surface area contributed by atoms with Gasteiger partial charge in [-0.2, -0.15) is 0 Å². The summed E-state index contributed by atoms with van der Waals surface area (Å²) in [6.07, 6.45) is 6.89. The lowest BCUT2D eigenvalue weighted by molar-refractivity contribution is 0.0966. The van der Waals surface area contributed by atoms with Gasteiger partial charge in [0.05, 0.1) is 0 Å². The molecule has 100 valence electrons. The van der Waals surface area contributed by atoms with E-state index in [4.69, 9.17) is 0 Å². The molecule has 2 nitrogen and oxygen atoms in total. The Bertz CT molecular complexity index is 219. The molecule has 1 N–H and O–H groups in total. The van der Waals surface area contributed by atoms with E-state index in [1.165, 1.54) is 51.7 Å². The van der Waals surface area contributed by atoms with Crippen molar-refractivity contribution in [2.24, 2.45) is 11.8 Å². The summed E-state index contributed by atoms with van der Waals surface area (Å²) in [7, 11) is 0. The highest BCUT2D eigenvalue weighted by atomic mass is 15.2. The zero-order valence-corrected chi connectivity index (χ0v) is 11.9. The Kier molecular flexibility index (Phi) is 4.87. The number of likely N-dealkylation sites (tertiary alicyclic amines) is 1. The van der Waals surface area contributed by atoms with Crippen LogP contribution in [0.1, 0.15) is 52.9 Å². The smallest absolute Gasteiger partial charge is 0.0111 e. The maximum absolute atomic E-state index is 3.70. The molecule has 1 saturated carbocycles. The Labute approximate surface area is 107 Å². The first-order valence-corrected chi connectivity index (χ1v) is 7.66. The quantitative estimate of drug-likeness (QED) is 0.810. The number of nitrogens with one attached hydrogen (secondary N) is 1. The summed E-state index contributed by atoms with van der Waals surface area (Å²) in [5.74, 6) is 1.81. The van der Waals surface area contributed by atoms with Crippen LogP contribution in [0.25, 0.3) is 0 Å². The zero-order chi connectivity index (χ0) is 12.3. The lowest BCUT2D eigenvalue weighted by Gasteiger charge is -2.39. The van der Waals surface area contributed by atoms with Crippen molar-refractivity contribution in [1.82, 2.24) is 10.2 Å². The van der Waals surface area contributed by atoms with Gasteiger partial charge in [-0.05, 0) is 50.5 Å². The molecule has 0 radical (unpaired) electrons. The lowest BCUT2D eigenvalue weighted by Crippen LogP contribution is -2.44. The van der Waals surface area contributed by atoms with Gasteiger partial charge < -0.3 is 5.32 Å². The molecular weight excluding hydrogens is 208 g/mol. The standard InChI is InChI=1S/C15H30N2/c1-4-7-16-14-5-6-15(9-14)17-10-12(2)8-13(3)11-17/h12-16H,4-11H2,1-3H3. The molecule has 0 aromatic carbocycles. The van der Waals surface area contributed by atoms with Gasteiger partial charge in [-0.25, -0.2) is 0 Å². The molecular formula is C15H30N2. The molecule has 2 heteroatoms. The van der Waals surface area contributed by atoms with E-state index in [0.717, 1.165) is 23.9 Å². The van der Waals surface area contributed by atoms with Crippen LogP contribution in [-0.2, 0) is 0 Å². The van der Waals surface area contributed by atoms with Crippen LogP contribution >= 0.6 is 0 Å². The second-order valence-electron chi connectivity index (χ2n) is 6.52. The van der Waals surface area contributed by atoms with Crippen molar-refractivity contribution < 1.29 is 0 Å². The second-order valence-corrected chi connectivity index (χ2v) is 6.52. The summed E-state index contributed by atoms with van der Waals surface area (Å²) in [5, 5.41) is 3.70. The first-order chi connectivity index (χ1) is 8.19. The molecule has 4 unspecified atom stereocenters. The summed E-state index contributed by atoms with van der Waals surface area (Å²) < 4.78 is 0. The number of nitrogens with zero attached hydrogens (tertiary/aromatic N) is 1. The molecule has 1 heterocycles. The van der Waals surface area contributed by atoms with Crippen LogP contribution in [0.5, 0.6) is 0 Å². The first-order valence-electron chi connectivity index (χ1n) is 7.66. The summed E-state index contributed by atoms with van der Waals surface area (Å²) in [5.41, 5.74) is 0. The molecule has 17 heavy (non-hydrogen) atoms. The highest BCUT2D eigenvalue weighted by Gasteiger charge is 2.32. The fraction of sp³-hybridized carbons (Fsp3) is 1.00. The van der Waals surface area contributed by atoms with E-state index < -0.39 is 0 Å². The molecule has 0 aromatic rings. The average Bonchev–Trinajstić information content (AvgIpc) is 2.73. The maximum atomic E-state index is 3.70. The number of piperidine rings is 1. The van der Waals surface area contributed by atoms with E-state index in [2.05, 4.69) is 31.0 Å². The fourth-order valence-electron chi connectivity index (χ4n) is 3.83. The van der Waals surface area contributed by atoms with E-state index in [-0.39, 0.29) is 0 Å². The van der Waals surface area contributed by atoms with Crippen molar-refractivity contribution >= 4 is 0 Å². The monoisotopic (exact) mass is 238 g/mol. The Morgan fingerprint density at radius 2 is 1.76 bits per heavy atom. The Balaban J connectivity index is 1.79. The van der Waals surface area contributed by atoms with Crippen LogP contribution in [0.4, 0.5) is 0 Å². The van der Waals surface area contributed by atoms with Gasteiger partial charge in [-0.15, -0.1) is 0 Å². The minimum atomic E-state index is 0.799. The highest BCUT2D eigenvalue weighted by molar-refractivity contribution is 4.89. The molecule has 1 saturated heterocycles. The van der Waals surface area contributed by atoms with Crippen LogP contribution in [-0.4, -0.2) is 36.6 Å². The SMILES string of the molecule is CCCNC1CCC(N2CC(C)CC(C)C2)C1. The van der Waals surface area contributed by atoms with Gasteiger partial charge >= 0.3 is 0 Å². The third kappa shape index (κ3) is 3.69. The zero-order valence-electron chi connectivity index (χ0n) is 11.9. The van der Waals surface area contributed by atoms with Crippen molar-refractivity contribution in [1.29, 1.82) is 0 Å². The molecule has 0 spiro atoms. The predicted octanol–water partition coefficient (Wildman–Crippen LogP) is 2.89. The van der Waals surface area contributed by atoms with Crippen molar-refractivity contribution in [2.45, 2.75) is 65.0 Å². The third-order valence-electron chi connectivity index (χ3n) is 4.50. The molecule has 4 atom stereocenters. The van der Waals surface area contributed by atoms with E-state index in [1.54, 1.807) is 0 Å². The molecule has 0 amide bonds. The molecule has 0 bridgehead atoms. The van der Waals surface area contributed by atoms with Gasteiger partial charge in [0.15, 0.2) is 0 Å². The molecule has 1 aliphatic carbocycles. The van der Waals surface area contributed by atoms with Crippen LogP contribution in [0, 0.1) is 11.8 Å². The van der Waals surface area contributed by atoms with Crippen molar-refractivity contribution in [3.63, 3.8) is 0 Å². The van der Waals surface area contributed by atoms with Gasteiger partial charge in [0.2, 0.25) is 0 Å². The van der Waals surface area contributed by atoms with Gasteiger partial charge in [0, 0.05) is 25.2 Å². The molecule has 2 aliphatic rings. The third-order valence-corrected chi connectivity index (χ3v) is 4.50. The normalized spacial score (nSPS) is 39.7. The van der Waals surface area contributed by atoms with Gasteiger partial charge in [-0.1, -0.05) is 20.8 Å². The van der Waals surface area contributed by atoms with Crippen LogP contribution in [0.3, 0.4) is 0 Å². The lowest BCUT2D eigenvalue weighted by atomic mass is 9.90. The summed E-state index contributed by atoms with van der Waals surface area (Å²) in [6.45, 7) is 11.0. The van der Waals surface area contributed by atoms with E-state index in [9.17, 15) is 0 Å². The summed E-state index contributed by atoms with van der Waals surface area (Å²) in [4.78, 5) is 2.78. The van der Waals surface area contributed by atoms with Crippen molar-refractivity contribution in [3.8, 4) is 0 Å². The number of hydrogen-bond acceptors (Lipinski definition) is 2.